The van der Waals surface area contributed by atoms with Gasteiger partial charge in [-0.05, 0) is 32.1 Å². The number of hydrogen-bond donors (Lipinski definition) is 3. The second kappa shape index (κ2) is 27.5. The van der Waals surface area contributed by atoms with Gasteiger partial charge in [0.2, 0.25) is 0 Å². The van der Waals surface area contributed by atoms with E-state index >= 15 is 0 Å². The lowest BCUT2D eigenvalue weighted by Gasteiger charge is -2.20. The summed E-state index contributed by atoms with van der Waals surface area (Å²) < 4.78 is 31.5. The van der Waals surface area contributed by atoms with Crippen molar-refractivity contribution in [2.45, 2.75) is 142 Å². The fraction of sp³-hybridized carbons (Fsp3) is 0.867. The van der Waals surface area contributed by atoms with Crippen LogP contribution in [0.25, 0.3) is 0 Å². The fourth-order valence-electron chi connectivity index (χ4n) is 4.02. The van der Waals surface area contributed by atoms with E-state index in [1.807, 2.05) is 0 Å². The van der Waals surface area contributed by atoms with Crippen molar-refractivity contribution in [2.75, 3.05) is 26.4 Å². The molecule has 0 spiro atoms. The van der Waals surface area contributed by atoms with Gasteiger partial charge in [0.15, 0.2) is 0 Å². The molecule has 0 radical (unpaired) electrons. The quantitative estimate of drug-likeness (QED) is 0.0369. The zero-order valence-corrected chi connectivity index (χ0v) is 26.4. The van der Waals surface area contributed by atoms with Crippen molar-refractivity contribution in [1.82, 2.24) is 0 Å². The molecule has 0 bridgehead atoms. The number of unbranched alkanes of at least 4 members (excludes halogenated alkanes) is 14. The summed E-state index contributed by atoms with van der Waals surface area (Å²) in [5.41, 5.74) is 0. The summed E-state index contributed by atoms with van der Waals surface area (Å²) in [6.07, 6.45) is 21.8. The number of aliphatic hydroxyl groups is 2. The van der Waals surface area contributed by atoms with Crippen LogP contribution in [0.5, 0.6) is 0 Å². The maximum Gasteiger partial charge on any atom is 0.472 e. The number of ether oxygens (including phenoxy) is 2. The van der Waals surface area contributed by atoms with E-state index in [0.717, 1.165) is 25.7 Å². The summed E-state index contributed by atoms with van der Waals surface area (Å²) in [5.74, 6) is -1.11. The third kappa shape index (κ3) is 26.1. The molecule has 0 heterocycles. The molecular weight excluding hydrogens is 551 g/mol. The van der Waals surface area contributed by atoms with Gasteiger partial charge in [0.25, 0.3) is 0 Å². The SMILES string of the molecule is CCCCCCCCC/C=C\CCCCCCCCCC(=O)OC(CO)COP(=O)(O)OCC(CO)OC(=O)CC. The van der Waals surface area contributed by atoms with E-state index in [1.54, 1.807) is 6.92 Å². The third-order valence-electron chi connectivity index (χ3n) is 6.53. The molecule has 0 saturated carbocycles. The second-order valence-corrected chi connectivity index (χ2v) is 11.9. The predicted molar refractivity (Wildman–Crippen MR) is 159 cm³/mol. The van der Waals surface area contributed by atoms with Crippen LogP contribution >= 0.6 is 7.82 Å². The Kier molecular flexibility index (Phi) is 26.7. The number of allylic oxidation sites excluding steroid dienone is 2. The summed E-state index contributed by atoms with van der Waals surface area (Å²) in [4.78, 5) is 33.1. The van der Waals surface area contributed by atoms with Crippen LogP contribution in [0.3, 0.4) is 0 Å². The first kappa shape index (κ1) is 39.7. The Morgan fingerprint density at radius 2 is 1.07 bits per heavy atom. The molecule has 242 valence electrons. The molecule has 0 aliphatic rings. The number of esters is 2. The molecule has 3 N–H and O–H groups in total. The van der Waals surface area contributed by atoms with Gasteiger partial charge in [-0.2, -0.15) is 0 Å². The highest BCUT2D eigenvalue weighted by Crippen LogP contribution is 2.43. The highest BCUT2D eigenvalue weighted by Gasteiger charge is 2.27. The Labute approximate surface area is 247 Å². The molecule has 0 aliphatic carbocycles. The average molecular weight is 609 g/mol. The fourth-order valence-corrected chi connectivity index (χ4v) is 4.81. The molecule has 0 aliphatic heterocycles. The largest absolute Gasteiger partial charge is 0.472 e. The van der Waals surface area contributed by atoms with E-state index in [4.69, 9.17) is 18.5 Å². The Bertz CT molecular complexity index is 715. The van der Waals surface area contributed by atoms with Gasteiger partial charge < -0.3 is 24.6 Å². The molecule has 3 unspecified atom stereocenters. The van der Waals surface area contributed by atoms with Gasteiger partial charge >= 0.3 is 19.8 Å². The van der Waals surface area contributed by atoms with Crippen molar-refractivity contribution < 1.29 is 47.8 Å². The first-order chi connectivity index (χ1) is 19.8. The lowest BCUT2D eigenvalue weighted by molar-refractivity contribution is -0.153. The van der Waals surface area contributed by atoms with E-state index < -0.39 is 58.4 Å². The van der Waals surface area contributed by atoms with Gasteiger partial charge in [-0.15, -0.1) is 0 Å². The highest BCUT2D eigenvalue weighted by molar-refractivity contribution is 7.47. The van der Waals surface area contributed by atoms with Crippen LogP contribution in [-0.2, 0) is 32.7 Å². The molecule has 0 amide bonds. The van der Waals surface area contributed by atoms with E-state index in [1.165, 1.54) is 70.6 Å². The zero-order valence-electron chi connectivity index (χ0n) is 25.5. The van der Waals surface area contributed by atoms with Crippen LogP contribution in [0.1, 0.15) is 129 Å². The minimum Gasteiger partial charge on any atom is -0.457 e. The van der Waals surface area contributed by atoms with Gasteiger partial charge in [0, 0.05) is 12.8 Å². The van der Waals surface area contributed by atoms with Crippen LogP contribution in [0.2, 0.25) is 0 Å². The number of aliphatic hydroxyl groups excluding tert-OH is 2. The molecule has 0 aromatic heterocycles. The summed E-state index contributed by atoms with van der Waals surface area (Å²) in [7, 11) is -4.59. The normalized spacial score (nSPS) is 14.6. The number of phosphoric ester groups is 1. The molecule has 0 aromatic carbocycles. The smallest absolute Gasteiger partial charge is 0.457 e. The minimum atomic E-state index is -4.59. The van der Waals surface area contributed by atoms with Crippen molar-refractivity contribution in [2.24, 2.45) is 0 Å². The molecule has 41 heavy (non-hydrogen) atoms. The monoisotopic (exact) mass is 608 g/mol. The van der Waals surface area contributed by atoms with Gasteiger partial charge in [0.05, 0.1) is 26.4 Å². The van der Waals surface area contributed by atoms with Crippen LogP contribution in [0.4, 0.5) is 0 Å². The van der Waals surface area contributed by atoms with Crippen molar-refractivity contribution in [1.29, 1.82) is 0 Å². The molecule has 11 heteroatoms. The summed E-state index contributed by atoms with van der Waals surface area (Å²) in [6, 6.07) is 0. The first-order valence-corrected chi connectivity index (χ1v) is 17.1. The highest BCUT2D eigenvalue weighted by atomic mass is 31.2. The topological polar surface area (TPSA) is 149 Å². The molecule has 0 saturated heterocycles. The number of hydrogen-bond acceptors (Lipinski definition) is 9. The summed E-state index contributed by atoms with van der Waals surface area (Å²) in [6.45, 7) is 1.51. The lowest BCUT2D eigenvalue weighted by atomic mass is 10.1. The average Bonchev–Trinajstić information content (AvgIpc) is 2.96. The minimum absolute atomic E-state index is 0.0743. The van der Waals surface area contributed by atoms with Crippen LogP contribution in [-0.4, -0.2) is 65.7 Å². The van der Waals surface area contributed by atoms with Crippen molar-refractivity contribution in [3.8, 4) is 0 Å². The molecule has 0 aromatic rings. The standard InChI is InChI=1S/C30H57O10P/c1-3-5-6-7-8-9-10-11-12-13-14-15-16-17-18-19-20-21-22-30(34)40-28(24-32)26-38-41(35,36)37-25-27(23-31)39-29(33)4-2/h12-13,27-28,31-32H,3-11,14-26H2,1-2H3,(H,35,36)/b13-12-. The van der Waals surface area contributed by atoms with E-state index in [2.05, 4.69) is 19.1 Å². The van der Waals surface area contributed by atoms with Gasteiger partial charge in [-0.3, -0.25) is 18.6 Å². The van der Waals surface area contributed by atoms with E-state index in [-0.39, 0.29) is 12.8 Å². The van der Waals surface area contributed by atoms with Crippen LogP contribution in [0, 0.1) is 0 Å². The first-order valence-electron chi connectivity index (χ1n) is 15.6. The van der Waals surface area contributed by atoms with Gasteiger partial charge in [-0.25, -0.2) is 4.57 Å². The third-order valence-corrected chi connectivity index (χ3v) is 7.48. The maximum atomic E-state index is 12.1. The lowest BCUT2D eigenvalue weighted by Crippen LogP contribution is -2.28. The van der Waals surface area contributed by atoms with Gasteiger partial charge in [0.1, 0.15) is 12.2 Å². The van der Waals surface area contributed by atoms with Gasteiger partial charge in [-0.1, -0.05) is 96.6 Å². The maximum absolute atomic E-state index is 12.1. The Morgan fingerprint density at radius 1 is 0.659 bits per heavy atom. The van der Waals surface area contributed by atoms with E-state index in [9.17, 15) is 29.3 Å². The predicted octanol–water partition coefficient (Wildman–Crippen LogP) is 6.55. The second-order valence-electron chi connectivity index (χ2n) is 10.4. The number of carbonyl (C=O) groups excluding carboxylic acids is 2. The zero-order chi connectivity index (χ0) is 30.6. The summed E-state index contributed by atoms with van der Waals surface area (Å²) in [5, 5.41) is 18.6. The Morgan fingerprint density at radius 3 is 1.51 bits per heavy atom. The molecular formula is C30H57O10P. The van der Waals surface area contributed by atoms with Crippen LogP contribution < -0.4 is 0 Å². The molecule has 0 fully saturated rings. The number of rotatable bonds is 29. The molecule has 3 atom stereocenters. The van der Waals surface area contributed by atoms with Crippen molar-refractivity contribution >= 4 is 19.8 Å². The van der Waals surface area contributed by atoms with E-state index in [0.29, 0.717) is 6.42 Å². The molecule has 0 rings (SSSR count). The Balaban J connectivity index is 3.80. The summed E-state index contributed by atoms with van der Waals surface area (Å²) >= 11 is 0. The number of carbonyl (C=O) groups is 2. The van der Waals surface area contributed by atoms with Crippen molar-refractivity contribution in [3.63, 3.8) is 0 Å². The van der Waals surface area contributed by atoms with Crippen LogP contribution in [0.15, 0.2) is 12.2 Å². The molecule has 10 nitrogen and oxygen atoms in total. The Hall–Kier alpha value is -1.29. The number of phosphoric acid groups is 1. The van der Waals surface area contributed by atoms with Crippen molar-refractivity contribution in [3.05, 3.63) is 12.2 Å².